The number of methoxy groups -OCH3 is 1. The standard InChI is InChI=1S/C23H23NO5/c1-14-8-9-20-18(10-14)21-15(2)11-16(12-25)22(23(21,13-29-20)24(26)27)17-6-4-5-7-19(17)28-3/h4-12,15,21-22H,13H2,1-3H3/t15-,21-,22-,23+/m1/s1. The van der Waals surface area contributed by atoms with E-state index in [2.05, 4.69) is 0 Å². The molecule has 29 heavy (non-hydrogen) atoms. The number of carbonyl (C=O) groups excluding carboxylic acids is 1. The van der Waals surface area contributed by atoms with E-state index >= 15 is 0 Å². The Kier molecular flexibility index (Phi) is 4.65. The fourth-order valence-electron chi connectivity index (χ4n) is 5.11. The van der Waals surface area contributed by atoms with Crippen molar-refractivity contribution in [3.05, 3.63) is 80.9 Å². The van der Waals surface area contributed by atoms with Crippen molar-refractivity contribution < 1.29 is 19.2 Å². The third-order valence-corrected chi connectivity index (χ3v) is 6.24. The average Bonchev–Trinajstić information content (AvgIpc) is 2.72. The molecule has 2 aromatic rings. The molecular weight excluding hydrogens is 370 g/mol. The van der Waals surface area contributed by atoms with Crippen LogP contribution in [0.5, 0.6) is 11.5 Å². The van der Waals surface area contributed by atoms with Crippen molar-refractivity contribution in [3.8, 4) is 11.5 Å². The minimum Gasteiger partial charge on any atom is -0.496 e. The molecule has 0 fully saturated rings. The van der Waals surface area contributed by atoms with Crippen LogP contribution in [0.25, 0.3) is 0 Å². The molecule has 0 saturated carbocycles. The Morgan fingerprint density at radius 1 is 1.24 bits per heavy atom. The quantitative estimate of drug-likeness (QED) is 0.445. The largest absolute Gasteiger partial charge is 0.496 e. The van der Waals surface area contributed by atoms with Crippen LogP contribution in [0.4, 0.5) is 0 Å². The van der Waals surface area contributed by atoms with Crippen molar-refractivity contribution in [1.82, 2.24) is 0 Å². The molecule has 0 radical (unpaired) electrons. The van der Waals surface area contributed by atoms with Gasteiger partial charge >= 0.3 is 0 Å². The Morgan fingerprint density at radius 2 is 2.00 bits per heavy atom. The second-order valence-corrected chi connectivity index (χ2v) is 7.87. The monoisotopic (exact) mass is 393 g/mol. The number of nitro groups is 1. The third kappa shape index (κ3) is 2.74. The summed E-state index contributed by atoms with van der Waals surface area (Å²) in [5, 5.41) is 12.7. The molecule has 2 aliphatic rings. The molecule has 0 aromatic heterocycles. The molecule has 2 aromatic carbocycles. The van der Waals surface area contributed by atoms with Crippen molar-refractivity contribution in [1.29, 1.82) is 0 Å². The fourth-order valence-corrected chi connectivity index (χ4v) is 5.11. The summed E-state index contributed by atoms with van der Waals surface area (Å²) in [5.74, 6) is -0.210. The van der Waals surface area contributed by atoms with E-state index in [1.165, 1.54) is 7.11 Å². The zero-order chi connectivity index (χ0) is 20.8. The molecule has 0 unspecified atom stereocenters. The maximum Gasteiger partial charge on any atom is 0.273 e. The van der Waals surface area contributed by atoms with Gasteiger partial charge in [-0.1, -0.05) is 48.9 Å². The molecule has 4 atom stereocenters. The number of fused-ring (bicyclic) bond motifs is 3. The molecule has 1 aliphatic heterocycles. The summed E-state index contributed by atoms with van der Waals surface area (Å²) in [7, 11) is 1.53. The molecule has 0 spiro atoms. The van der Waals surface area contributed by atoms with Gasteiger partial charge in [-0.3, -0.25) is 14.9 Å². The van der Waals surface area contributed by atoms with Gasteiger partial charge in [-0.15, -0.1) is 0 Å². The number of hydrogen-bond donors (Lipinski definition) is 0. The van der Waals surface area contributed by atoms with Crippen LogP contribution in [0.15, 0.2) is 54.1 Å². The zero-order valence-electron chi connectivity index (χ0n) is 16.6. The summed E-state index contributed by atoms with van der Waals surface area (Å²) < 4.78 is 11.5. The van der Waals surface area contributed by atoms with Gasteiger partial charge in [-0.2, -0.15) is 0 Å². The van der Waals surface area contributed by atoms with Gasteiger partial charge in [0.2, 0.25) is 0 Å². The summed E-state index contributed by atoms with van der Waals surface area (Å²) in [5.41, 5.74) is 1.34. The average molecular weight is 393 g/mol. The smallest absolute Gasteiger partial charge is 0.273 e. The molecule has 0 N–H and O–H groups in total. The van der Waals surface area contributed by atoms with E-state index in [0.29, 0.717) is 22.6 Å². The predicted molar refractivity (Wildman–Crippen MR) is 108 cm³/mol. The van der Waals surface area contributed by atoms with E-state index in [9.17, 15) is 14.9 Å². The van der Waals surface area contributed by atoms with Crippen molar-refractivity contribution >= 4 is 6.29 Å². The summed E-state index contributed by atoms with van der Waals surface area (Å²) in [6.45, 7) is 3.78. The summed E-state index contributed by atoms with van der Waals surface area (Å²) >= 11 is 0. The lowest BCUT2D eigenvalue weighted by Gasteiger charge is -2.47. The predicted octanol–water partition coefficient (Wildman–Crippen LogP) is 4.05. The molecule has 0 amide bonds. The van der Waals surface area contributed by atoms with Gasteiger partial charge in [-0.05, 0) is 25.0 Å². The summed E-state index contributed by atoms with van der Waals surface area (Å²) in [6, 6.07) is 13.0. The first-order valence-corrected chi connectivity index (χ1v) is 9.61. The number of allylic oxidation sites excluding steroid dienone is 1. The van der Waals surface area contributed by atoms with E-state index in [0.717, 1.165) is 17.4 Å². The maximum absolute atomic E-state index is 12.7. The molecule has 1 heterocycles. The topological polar surface area (TPSA) is 78.7 Å². The first-order valence-electron chi connectivity index (χ1n) is 9.61. The highest BCUT2D eigenvalue weighted by Gasteiger charge is 2.65. The number of carbonyl (C=O) groups is 1. The highest BCUT2D eigenvalue weighted by molar-refractivity contribution is 5.78. The number of para-hydroxylation sites is 1. The molecule has 6 nitrogen and oxygen atoms in total. The van der Waals surface area contributed by atoms with Crippen molar-refractivity contribution in [3.63, 3.8) is 0 Å². The number of rotatable bonds is 4. The number of aryl methyl sites for hydroxylation is 1. The van der Waals surface area contributed by atoms with Crippen LogP contribution >= 0.6 is 0 Å². The minimum absolute atomic E-state index is 0.112. The van der Waals surface area contributed by atoms with Crippen LogP contribution in [0.2, 0.25) is 0 Å². The van der Waals surface area contributed by atoms with Gasteiger partial charge < -0.3 is 9.47 Å². The zero-order valence-corrected chi connectivity index (χ0v) is 16.6. The van der Waals surface area contributed by atoms with Gasteiger partial charge in [0.1, 0.15) is 17.8 Å². The number of hydrogen-bond acceptors (Lipinski definition) is 5. The Morgan fingerprint density at radius 3 is 2.69 bits per heavy atom. The van der Waals surface area contributed by atoms with Crippen molar-refractivity contribution in [2.45, 2.75) is 31.2 Å². The van der Waals surface area contributed by atoms with E-state index in [1.807, 2.05) is 50.3 Å². The van der Waals surface area contributed by atoms with Crippen LogP contribution in [0, 0.1) is 23.0 Å². The highest BCUT2D eigenvalue weighted by Crippen LogP contribution is 2.57. The van der Waals surface area contributed by atoms with Crippen LogP contribution in [0.1, 0.15) is 35.4 Å². The van der Waals surface area contributed by atoms with Crippen molar-refractivity contribution in [2.24, 2.45) is 5.92 Å². The molecular formula is C23H23NO5. The number of benzene rings is 2. The Hall–Kier alpha value is -3.15. The lowest BCUT2D eigenvalue weighted by atomic mass is 9.58. The lowest BCUT2D eigenvalue weighted by molar-refractivity contribution is -0.584. The molecule has 0 saturated heterocycles. The number of aldehydes is 1. The fraction of sp³-hybridized carbons (Fsp3) is 0.348. The van der Waals surface area contributed by atoms with Crippen LogP contribution in [-0.4, -0.2) is 30.5 Å². The maximum atomic E-state index is 12.7. The highest BCUT2D eigenvalue weighted by atomic mass is 16.6. The molecule has 4 rings (SSSR count). The Labute approximate surface area is 169 Å². The van der Waals surface area contributed by atoms with Gasteiger partial charge in [-0.25, -0.2) is 0 Å². The van der Waals surface area contributed by atoms with Crippen molar-refractivity contribution in [2.75, 3.05) is 13.7 Å². The van der Waals surface area contributed by atoms with Crippen LogP contribution < -0.4 is 9.47 Å². The van der Waals surface area contributed by atoms with E-state index in [4.69, 9.17) is 9.47 Å². The van der Waals surface area contributed by atoms with E-state index < -0.39 is 17.4 Å². The second kappa shape index (κ2) is 7.03. The summed E-state index contributed by atoms with van der Waals surface area (Å²) in [6.07, 6.45) is 2.61. The number of ether oxygens (including phenoxy) is 2. The third-order valence-electron chi connectivity index (χ3n) is 6.24. The minimum atomic E-state index is -1.51. The van der Waals surface area contributed by atoms with Gasteiger partial charge in [0.15, 0.2) is 6.61 Å². The van der Waals surface area contributed by atoms with Gasteiger partial charge in [0.25, 0.3) is 5.54 Å². The second-order valence-electron chi connectivity index (χ2n) is 7.87. The molecule has 1 aliphatic carbocycles. The van der Waals surface area contributed by atoms with E-state index in [-0.39, 0.29) is 17.4 Å². The Bertz CT molecular complexity index is 1010. The van der Waals surface area contributed by atoms with E-state index in [1.54, 1.807) is 12.1 Å². The SMILES string of the molecule is COc1ccccc1[C@H]1C(C=O)=C[C@@H](C)[C@@H]2c3cc(C)ccc3OC[C@@]12[N+](=O)[O-]. The van der Waals surface area contributed by atoms with Crippen LogP contribution in [-0.2, 0) is 4.79 Å². The first kappa shape index (κ1) is 19.2. The first-order chi connectivity index (χ1) is 13.9. The Balaban J connectivity index is 2.03. The molecule has 150 valence electrons. The number of nitrogens with zero attached hydrogens (tertiary/aromatic N) is 1. The molecule has 6 heteroatoms. The van der Waals surface area contributed by atoms with Gasteiger partial charge in [0.05, 0.1) is 18.9 Å². The normalized spacial score (nSPS) is 27.7. The lowest BCUT2D eigenvalue weighted by Crippen LogP contribution is -2.59. The molecule has 0 bridgehead atoms. The van der Waals surface area contributed by atoms with Gasteiger partial charge in [0, 0.05) is 21.6 Å². The summed E-state index contributed by atoms with van der Waals surface area (Å²) in [4.78, 5) is 24.5. The van der Waals surface area contributed by atoms with Crippen LogP contribution in [0.3, 0.4) is 0 Å².